The number of benzene rings is 2. The summed E-state index contributed by atoms with van der Waals surface area (Å²) in [5.74, 6) is -0.518. The van der Waals surface area contributed by atoms with E-state index in [0.29, 0.717) is 11.5 Å². The molecule has 24 heavy (non-hydrogen) atoms. The van der Waals surface area contributed by atoms with Crippen LogP contribution in [-0.4, -0.2) is 34.9 Å². The summed E-state index contributed by atoms with van der Waals surface area (Å²) in [6.45, 7) is 1.72. The van der Waals surface area contributed by atoms with Crippen LogP contribution in [0.5, 0.6) is 11.5 Å². The normalized spacial score (nSPS) is 10.7. The molecule has 0 aliphatic heterocycles. The first kappa shape index (κ1) is 19.0. The Hall–Kier alpha value is -3.02. The van der Waals surface area contributed by atoms with E-state index in [-0.39, 0.29) is 13.0 Å². The third kappa shape index (κ3) is 8.43. The highest BCUT2D eigenvalue weighted by molar-refractivity contribution is 5.72. The molecule has 0 spiro atoms. The Morgan fingerprint density at radius 2 is 1.42 bits per heavy atom. The van der Waals surface area contributed by atoms with Crippen LogP contribution in [0.4, 0.5) is 0 Å². The summed E-state index contributed by atoms with van der Waals surface area (Å²) in [5, 5.41) is 16.8. The van der Waals surface area contributed by atoms with Crippen LogP contribution in [0.25, 0.3) is 0 Å². The molecule has 0 fully saturated rings. The lowest BCUT2D eigenvalue weighted by atomic mass is 10.3. The van der Waals surface area contributed by atoms with Crippen molar-refractivity contribution in [1.29, 1.82) is 0 Å². The standard InChI is InChI=1S/2C9H10O3/c1-7(9(10)11)12-8-5-3-2-4-6-8;10-9(11)6-7-12-8-4-2-1-3-5-8/h2-7H,1H3,(H,10,11);1-5H,6-7H2,(H,10,11). The first-order valence-corrected chi connectivity index (χ1v) is 7.33. The maximum absolute atomic E-state index is 10.4. The zero-order chi connectivity index (χ0) is 17.8. The zero-order valence-electron chi connectivity index (χ0n) is 13.3. The summed E-state index contributed by atoms with van der Waals surface area (Å²) >= 11 is 0. The highest BCUT2D eigenvalue weighted by Crippen LogP contribution is 2.10. The fraction of sp³-hybridized carbons (Fsp3) is 0.222. The fourth-order valence-corrected chi connectivity index (χ4v) is 1.53. The number of rotatable bonds is 7. The van der Waals surface area contributed by atoms with Gasteiger partial charge in [0.15, 0.2) is 6.10 Å². The number of hydrogen-bond acceptors (Lipinski definition) is 4. The molecule has 2 aromatic carbocycles. The van der Waals surface area contributed by atoms with Crippen LogP contribution in [0.3, 0.4) is 0 Å². The van der Waals surface area contributed by atoms with Gasteiger partial charge in [0.05, 0.1) is 13.0 Å². The van der Waals surface area contributed by atoms with Gasteiger partial charge < -0.3 is 19.7 Å². The highest BCUT2D eigenvalue weighted by Gasteiger charge is 2.11. The molecular weight excluding hydrogens is 312 g/mol. The van der Waals surface area contributed by atoms with E-state index in [9.17, 15) is 9.59 Å². The van der Waals surface area contributed by atoms with E-state index in [1.165, 1.54) is 6.92 Å². The van der Waals surface area contributed by atoms with Gasteiger partial charge in [0.1, 0.15) is 11.5 Å². The molecule has 6 nitrogen and oxygen atoms in total. The molecule has 0 radical (unpaired) electrons. The average Bonchev–Trinajstić information content (AvgIpc) is 2.57. The van der Waals surface area contributed by atoms with Crippen molar-refractivity contribution in [3.05, 3.63) is 60.7 Å². The van der Waals surface area contributed by atoms with Crippen molar-refractivity contribution in [3.8, 4) is 11.5 Å². The second-order valence-corrected chi connectivity index (χ2v) is 4.72. The van der Waals surface area contributed by atoms with Crippen molar-refractivity contribution >= 4 is 11.9 Å². The zero-order valence-corrected chi connectivity index (χ0v) is 13.3. The second-order valence-electron chi connectivity index (χ2n) is 4.72. The van der Waals surface area contributed by atoms with Crippen molar-refractivity contribution in [2.24, 2.45) is 0 Å². The van der Waals surface area contributed by atoms with Crippen LogP contribution in [-0.2, 0) is 9.59 Å². The van der Waals surface area contributed by atoms with E-state index in [4.69, 9.17) is 19.7 Å². The SMILES string of the molecule is CC(Oc1ccccc1)C(=O)O.O=C(O)CCOc1ccccc1. The average molecular weight is 332 g/mol. The molecule has 0 heterocycles. The van der Waals surface area contributed by atoms with E-state index in [1.54, 1.807) is 36.4 Å². The maximum Gasteiger partial charge on any atom is 0.344 e. The first-order valence-electron chi connectivity index (χ1n) is 7.33. The van der Waals surface area contributed by atoms with Crippen LogP contribution in [0.2, 0.25) is 0 Å². The summed E-state index contributed by atoms with van der Waals surface area (Å²) in [6, 6.07) is 18.0. The fourth-order valence-electron chi connectivity index (χ4n) is 1.53. The molecule has 0 aliphatic rings. The van der Waals surface area contributed by atoms with Gasteiger partial charge in [-0.15, -0.1) is 0 Å². The molecule has 0 bridgehead atoms. The lowest BCUT2D eigenvalue weighted by Crippen LogP contribution is -2.22. The first-order chi connectivity index (χ1) is 11.5. The molecule has 1 atom stereocenters. The Morgan fingerprint density at radius 3 is 1.88 bits per heavy atom. The molecule has 0 aliphatic carbocycles. The maximum atomic E-state index is 10.4. The topological polar surface area (TPSA) is 93.1 Å². The van der Waals surface area contributed by atoms with Crippen molar-refractivity contribution in [2.75, 3.05) is 6.61 Å². The van der Waals surface area contributed by atoms with E-state index in [1.807, 2.05) is 24.3 Å². The molecule has 0 amide bonds. The summed E-state index contributed by atoms with van der Waals surface area (Å²) in [4.78, 5) is 20.5. The van der Waals surface area contributed by atoms with Gasteiger partial charge >= 0.3 is 11.9 Å². The molecular formula is C18H20O6. The minimum atomic E-state index is -0.959. The van der Waals surface area contributed by atoms with Gasteiger partial charge in [-0.05, 0) is 31.2 Å². The molecule has 0 aromatic heterocycles. The number of carbonyl (C=O) groups is 2. The molecule has 6 heteroatoms. The number of aliphatic carboxylic acids is 2. The summed E-state index contributed by atoms with van der Waals surface area (Å²) in [5.41, 5.74) is 0. The number of carboxylic acids is 2. The van der Waals surface area contributed by atoms with Crippen molar-refractivity contribution in [3.63, 3.8) is 0 Å². The summed E-state index contributed by atoms with van der Waals surface area (Å²) < 4.78 is 10.2. The van der Waals surface area contributed by atoms with Gasteiger partial charge in [0, 0.05) is 0 Å². The van der Waals surface area contributed by atoms with Crippen LogP contribution < -0.4 is 9.47 Å². The van der Waals surface area contributed by atoms with Gasteiger partial charge in [-0.25, -0.2) is 4.79 Å². The minimum absolute atomic E-state index is 0.0366. The predicted molar refractivity (Wildman–Crippen MR) is 88.4 cm³/mol. The largest absolute Gasteiger partial charge is 0.493 e. The number of carboxylic acid groups (broad SMARTS) is 2. The van der Waals surface area contributed by atoms with E-state index >= 15 is 0 Å². The van der Waals surface area contributed by atoms with Crippen molar-refractivity contribution < 1.29 is 29.3 Å². The minimum Gasteiger partial charge on any atom is -0.493 e. The molecule has 2 rings (SSSR count). The third-order valence-electron chi connectivity index (χ3n) is 2.73. The molecule has 0 saturated carbocycles. The number of para-hydroxylation sites is 2. The van der Waals surface area contributed by atoms with Crippen LogP contribution >= 0.6 is 0 Å². The molecule has 2 aromatic rings. The Kier molecular flexibility index (Phi) is 8.45. The lowest BCUT2D eigenvalue weighted by molar-refractivity contribution is -0.144. The predicted octanol–water partition coefficient (Wildman–Crippen LogP) is 3.08. The highest BCUT2D eigenvalue weighted by atomic mass is 16.5. The second kappa shape index (κ2) is 10.7. The molecule has 1 unspecified atom stereocenters. The van der Waals surface area contributed by atoms with Gasteiger partial charge in [-0.3, -0.25) is 4.79 Å². The van der Waals surface area contributed by atoms with Crippen LogP contribution in [0.1, 0.15) is 13.3 Å². The van der Waals surface area contributed by atoms with E-state index in [2.05, 4.69) is 0 Å². The number of hydrogen-bond donors (Lipinski definition) is 2. The lowest BCUT2D eigenvalue weighted by Gasteiger charge is -2.09. The van der Waals surface area contributed by atoms with Gasteiger partial charge in [0.25, 0.3) is 0 Å². The third-order valence-corrected chi connectivity index (χ3v) is 2.73. The van der Waals surface area contributed by atoms with E-state index < -0.39 is 18.0 Å². The van der Waals surface area contributed by atoms with Crippen molar-refractivity contribution in [1.82, 2.24) is 0 Å². The smallest absolute Gasteiger partial charge is 0.344 e. The van der Waals surface area contributed by atoms with Gasteiger partial charge in [0.2, 0.25) is 0 Å². The Morgan fingerprint density at radius 1 is 0.917 bits per heavy atom. The van der Waals surface area contributed by atoms with Crippen LogP contribution in [0.15, 0.2) is 60.7 Å². The Bertz CT molecular complexity index is 612. The van der Waals surface area contributed by atoms with Gasteiger partial charge in [-0.1, -0.05) is 36.4 Å². The summed E-state index contributed by atoms with van der Waals surface area (Å²) in [6.07, 6.45) is -0.762. The van der Waals surface area contributed by atoms with E-state index in [0.717, 1.165) is 0 Å². The monoisotopic (exact) mass is 332 g/mol. The van der Waals surface area contributed by atoms with Crippen molar-refractivity contribution in [2.45, 2.75) is 19.4 Å². The molecule has 128 valence electrons. The summed E-state index contributed by atoms with van der Waals surface area (Å²) in [7, 11) is 0. The molecule has 2 N–H and O–H groups in total. The Balaban J connectivity index is 0.000000240. The Labute approximate surface area is 140 Å². The molecule has 0 saturated heterocycles. The van der Waals surface area contributed by atoms with Gasteiger partial charge in [-0.2, -0.15) is 0 Å². The number of ether oxygens (including phenoxy) is 2. The van der Waals surface area contributed by atoms with Crippen LogP contribution in [0, 0.1) is 0 Å². The quantitative estimate of drug-likeness (QED) is 0.809.